The van der Waals surface area contributed by atoms with Gasteiger partial charge in [-0.25, -0.2) is 13.4 Å². The largest absolute Gasteiger partial charge is 0.326 e. The van der Waals surface area contributed by atoms with Crippen LogP contribution in [0.25, 0.3) is 0 Å². The summed E-state index contributed by atoms with van der Waals surface area (Å²) in [4.78, 5) is 16.2. The number of hydrogen-bond acceptors (Lipinski definition) is 5. The number of nitrogens with one attached hydrogen (secondary N) is 2. The lowest BCUT2D eigenvalue weighted by atomic mass is 10.1. The maximum Gasteiger partial charge on any atom is 0.263 e. The van der Waals surface area contributed by atoms with Crippen LogP contribution in [0.15, 0.2) is 65.0 Å². The zero-order valence-electron chi connectivity index (χ0n) is 15.4. The average Bonchev–Trinajstić information content (AvgIpc) is 3.19. The minimum Gasteiger partial charge on any atom is -0.326 e. The normalized spacial score (nSPS) is 11.2. The van der Waals surface area contributed by atoms with E-state index in [0.29, 0.717) is 23.7 Å². The van der Waals surface area contributed by atoms with Crippen LogP contribution in [-0.4, -0.2) is 19.3 Å². The van der Waals surface area contributed by atoms with E-state index >= 15 is 0 Å². The smallest absolute Gasteiger partial charge is 0.263 e. The second-order valence-corrected chi connectivity index (χ2v) is 8.76. The number of benzene rings is 2. The van der Waals surface area contributed by atoms with E-state index in [-0.39, 0.29) is 10.8 Å². The minimum atomic E-state index is -3.70. The van der Waals surface area contributed by atoms with Gasteiger partial charge in [-0.1, -0.05) is 31.2 Å². The summed E-state index contributed by atoms with van der Waals surface area (Å²) in [6.07, 6.45) is 3.53. The Morgan fingerprint density at radius 1 is 1.04 bits per heavy atom. The molecule has 1 amide bonds. The molecule has 0 atom stereocenters. The van der Waals surface area contributed by atoms with Crippen molar-refractivity contribution in [3.8, 4) is 0 Å². The van der Waals surface area contributed by atoms with E-state index in [1.165, 1.54) is 35.2 Å². The first kappa shape index (κ1) is 20.0. The van der Waals surface area contributed by atoms with E-state index in [1.807, 2.05) is 12.1 Å². The van der Waals surface area contributed by atoms with Crippen LogP contribution in [0.2, 0.25) is 0 Å². The second-order valence-electron chi connectivity index (χ2n) is 6.19. The lowest BCUT2D eigenvalue weighted by Crippen LogP contribution is -2.14. The van der Waals surface area contributed by atoms with E-state index < -0.39 is 10.0 Å². The fourth-order valence-electron chi connectivity index (χ4n) is 2.59. The van der Waals surface area contributed by atoms with E-state index in [1.54, 1.807) is 17.5 Å². The number of aromatic nitrogens is 1. The van der Waals surface area contributed by atoms with Crippen LogP contribution in [0, 0.1) is 0 Å². The SMILES string of the molecule is CCc1ccc(CCC(=O)Nc2ccc(S(=O)(=O)Nc3nccs3)cc2)cc1. The van der Waals surface area contributed by atoms with E-state index in [9.17, 15) is 13.2 Å². The van der Waals surface area contributed by atoms with Gasteiger partial charge in [-0.05, 0) is 48.2 Å². The highest BCUT2D eigenvalue weighted by Gasteiger charge is 2.15. The predicted molar refractivity (Wildman–Crippen MR) is 112 cm³/mol. The van der Waals surface area contributed by atoms with E-state index in [2.05, 4.69) is 34.1 Å². The van der Waals surface area contributed by atoms with Gasteiger partial charge in [-0.15, -0.1) is 11.3 Å². The van der Waals surface area contributed by atoms with Crippen molar-refractivity contribution in [2.45, 2.75) is 31.1 Å². The Hall–Kier alpha value is -2.71. The molecule has 0 aliphatic rings. The van der Waals surface area contributed by atoms with Gasteiger partial charge in [-0.2, -0.15) is 0 Å². The van der Waals surface area contributed by atoms with E-state index in [0.717, 1.165) is 12.0 Å². The Bertz CT molecular complexity index is 1010. The van der Waals surface area contributed by atoms with Crippen LogP contribution in [-0.2, 0) is 27.7 Å². The van der Waals surface area contributed by atoms with Crippen molar-refractivity contribution in [2.24, 2.45) is 0 Å². The molecular weight excluding hydrogens is 394 g/mol. The summed E-state index contributed by atoms with van der Waals surface area (Å²) in [5.74, 6) is -0.115. The quantitative estimate of drug-likeness (QED) is 0.580. The Balaban J connectivity index is 1.55. The topological polar surface area (TPSA) is 88.2 Å². The first-order valence-electron chi connectivity index (χ1n) is 8.86. The van der Waals surface area contributed by atoms with Crippen LogP contribution in [0.1, 0.15) is 24.5 Å². The highest BCUT2D eigenvalue weighted by molar-refractivity contribution is 7.93. The number of sulfonamides is 1. The van der Waals surface area contributed by atoms with Crippen molar-refractivity contribution < 1.29 is 13.2 Å². The molecule has 146 valence electrons. The van der Waals surface area contributed by atoms with Crippen molar-refractivity contribution in [3.63, 3.8) is 0 Å². The summed E-state index contributed by atoms with van der Waals surface area (Å²) in [6, 6.07) is 14.3. The molecule has 0 aliphatic carbocycles. The molecule has 2 aromatic carbocycles. The summed E-state index contributed by atoms with van der Waals surface area (Å²) >= 11 is 1.20. The number of rotatable bonds is 8. The first-order chi connectivity index (χ1) is 13.5. The molecule has 0 radical (unpaired) electrons. The Morgan fingerprint density at radius 3 is 2.32 bits per heavy atom. The number of anilines is 2. The van der Waals surface area contributed by atoms with Gasteiger partial charge in [0.25, 0.3) is 10.0 Å². The second kappa shape index (κ2) is 8.99. The molecule has 1 heterocycles. The van der Waals surface area contributed by atoms with Crippen molar-refractivity contribution in [3.05, 3.63) is 71.2 Å². The van der Waals surface area contributed by atoms with Gasteiger partial charge in [0.05, 0.1) is 4.90 Å². The summed E-state index contributed by atoms with van der Waals surface area (Å²) in [7, 11) is -3.70. The van der Waals surface area contributed by atoms with Gasteiger partial charge in [0.2, 0.25) is 5.91 Å². The highest BCUT2D eigenvalue weighted by atomic mass is 32.2. The van der Waals surface area contributed by atoms with Crippen LogP contribution in [0.5, 0.6) is 0 Å². The lowest BCUT2D eigenvalue weighted by Gasteiger charge is -2.08. The fraction of sp³-hybridized carbons (Fsp3) is 0.200. The summed E-state index contributed by atoms with van der Waals surface area (Å²) in [6.45, 7) is 2.11. The molecule has 0 bridgehead atoms. The van der Waals surface area contributed by atoms with Gasteiger partial charge in [0.1, 0.15) is 0 Å². The number of amides is 1. The Kier molecular flexibility index (Phi) is 6.43. The van der Waals surface area contributed by atoms with Crippen molar-refractivity contribution >= 4 is 38.1 Å². The van der Waals surface area contributed by atoms with Crippen molar-refractivity contribution in [2.75, 3.05) is 10.0 Å². The number of nitrogens with zero attached hydrogens (tertiary/aromatic N) is 1. The maximum atomic E-state index is 12.3. The zero-order chi connectivity index (χ0) is 20.0. The number of thiazole rings is 1. The highest BCUT2D eigenvalue weighted by Crippen LogP contribution is 2.19. The third kappa shape index (κ3) is 5.40. The monoisotopic (exact) mass is 415 g/mol. The van der Waals surface area contributed by atoms with Gasteiger partial charge in [0, 0.05) is 23.7 Å². The molecule has 3 aromatic rings. The molecule has 0 saturated carbocycles. The average molecular weight is 416 g/mol. The van der Waals surface area contributed by atoms with Gasteiger partial charge < -0.3 is 5.32 Å². The molecule has 3 rings (SSSR count). The third-order valence-corrected chi connectivity index (χ3v) is 6.35. The molecule has 6 nitrogen and oxygen atoms in total. The lowest BCUT2D eigenvalue weighted by molar-refractivity contribution is -0.116. The number of aryl methyl sites for hydroxylation is 2. The first-order valence-corrected chi connectivity index (χ1v) is 11.2. The summed E-state index contributed by atoms with van der Waals surface area (Å²) in [5, 5.41) is 4.79. The van der Waals surface area contributed by atoms with Gasteiger partial charge in [0.15, 0.2) is 5.13 Å². The van der Waals surface area contributed by atoms with E-state index in [4.69, 9.17) is 0 Å². The maximum absolute atomic E-state index is 12.3. The Morgan fingerprint density at radius 2 is 1.71 bits per heavy atom. The summed E-state index contributed by atoms with van der Waals surface area (Å²) < 4.78 is 27.0. The number of hydrogen-bond donors (Lipinski definition) is 2. The number of carbonyl (C=O) groups excluding carboxylic acids is 1. The standard InChI is InChI=1S/C20H21N3O3S2/c1-2-15-3-5-16(6-4-15)7-12-19(24)22-17-8-10-18(11-9-17)28(25,26)23-20-21-13-14-27-20/h3-6,8-11,13-14H,2,7,12H2,1H3,(H,21,23)(H,22,24). The molecule has 0 fully saturated rings. The molecule has 2 N–H and O–H groups in total. The molecule has 8 heteroatoms. The van der Waals surface area contributed by atoms with Crippen molar-refractivity contribution in [1.82, 2.24) is 4.98 Å². The predicted octanol–water partition coefficient (Wildman–Crippen LogP) is 4.08. The van der Waals surface area contributed by atoms with Crippen LogP contribution in [0.3, 0.4) is 0 Å². The van der Waals surface area contributed by atoms with Gasteiger partial charge >= 0.3 is 0 Å². The minimum absolute atomic E-state index is 0.108. The molecule has 0 unspecified atom stereocenters. The molecule has 28 heavy (non-hydrogen) atoms. The Labute approximate surface area is 168 Å². The molecule has 0 aliphatic heterocycles. The molecule has 0 saturated heterocycles. The van der Waals surface area contributed by atoms with Gasteiger partial charge in [-0.3, -0.25) is 9.52 Å². The third-order valence-electron chi connectivity index (χ3n) is 4.17. The molecule has 1 aromatic heterocycles. The molecular formula is C20H21N3O3S2. The van der Waals surface area contributed by atoms with Crippen LogP contribution in [0.4, 0.5) is 10.8 Å². The molecule has 0 spiro atoms. The van der Waals surface area contributed by atoms with Crippen LogP contribution >= 0.6 is 11.3 Å². The van der Waals surface area contributed by atoms with Crippen molar-refractivity contribution in [1.29, 1.82) is 0 Å². The van der Waals surface area contributed by atoms with Crippen LogP contribution < -0.4 is 10.0 Å². The fourth-order valence-corrected chi connectivity index (χ4v) is 4.38. The summed E-state index contributed by atoms with van der Waals surface area (Å²) in [5.41, 5.74) is 2.94. The zero-order valence-corrected chi connectivity index (χ0v) is 17.0. The number of carbonyl (C=O) groups is 1.